The maximum absolute atomic E-state index is 11.7. The van der Waals surface area contributed by atoms with Crippen molar-refractivity contribution in [3.05, 3.63) is 57.7 Å². The quantitative estimate of drug-likeness (QED) is 0.864. The fraction of sp³-hybridized carbons (Fsp3) is 0.333. The van der Waals surface area contributed by atoms with Gasteiger partial charge in [-0.2, -0.15) is 0 Å². The first-order valence-corrected chi connectivity index (χ1v) is 8.63. The summed E-state index contributed by atoms with van der Waals surface area (Å²) in [6, 6.07) is 10.4. The molecule has 4 nitrogen and oxygen atoms in total. The second-order valence-corrected chi connectivity index (χ2v) is 6.83. The number of halogens is 1. The zero-order chi connectivity index (χ0) is 16.2. The molecule has 1 amide bonds. The highest BCUT2D eigenvalue weighted by Crippen LogP contribution is 2.19. The van der Waals surface area contributed by atoms with Crippen molar-refractivity contribution >= 4 is 27.7 Å². The zero-order valence-electron chi connectivity index (χ0n) is 13.2. The molecule has 1 aliphatic rings. The summed E-state index contributed by atoms with van der Waals surface area (Å²) in [6.07, 6.45) is 3.47. The summed E-state index contributed by atoms with van der Waals surface area (Å²) in [6.45, 7) is 4.35. The lowest BCUT2D eigenvalue weighted by molar-refractivity contribution is -0.128. The average molecular weight is 374 g/mol. The van der Waals surface area contributed by atoms with Gasteiger partial charge in [-0.05, 0) is 52.0 Å². The Morgan fingerprint density at radius 3 is 2.87 bits per heavy atom. The number of anilines is 1. The second kappa shape index (κ2) is 7.13. The molecule has 0 bridgehead atoms. The molecule has 0 aliphatic carbocycles. The number of carbonyl (C=O) groups is 1. The van der Waals surface area contributed by atoms with E-state index in [1.807, 2.05) is 17.9 Å². The van der Waals surface area contributed by atoms with Crippen molar-refractivity contribution in [1.82, 2.24) is 9.88 Å². The first-order valence-electron chi connectivity index (χ1n) is 7.83. The number of benzene rings is 1. The third-order valence-corrected chi connectivity index (χ3v) is 4.47. The van der Waals surface area contributed by atoms with E-state index in [1.54, 1.807) is 6.20 Å². The van der Waals surface area contributed by atoms with E-state index in [2.05, 4.69) is 50.5 Å². The van der Waals surface area contributed by atoms with Gasteiger partial charge in [0.2, 0.25) is 5.91 Å². The van der Waals surface area contributed by atoms with E-state index in [-0.39, 0.29) is 5.91 Å². The Morgan fingerprint density at radius 1 is 1.30 bits per heavy atom. The molecule has 1 aromatic carbocycles. The molecule has 2 heterocycles. The van der Waals surface area contributed by atoms with E-state index in [1.165, 1.54) is 11.1 Å². The van der Waals surface area contributed by atoms with Crippen molar-refractivity contribution in [1.29, 1.82) is 0 Å². The SMILES string of the molecule is Cc1cc(Br)cnc1NCc1cccc(CN2CCCC2=O)c1. The van der Waals surface area contributed by atoms with Crippen molar-refractivity contribution in [2.45, 2.75) is 32.9 Å². The van der Waals surface area contributed by atoms with Crippen LogP contribution in [0.15, 0.2) is 41.0 Å². The molecule has 1 fully saturated rings. The van der Waals surface area contributed by atoms with E-state index in [0.717, 1.165) is 35.4 Å². The zero-order valence-corrected chi connectivity index (χ0v) is 14.8. The third-order valence-electron chi connectivity index (χ3n) is 4.04. The Labute approximate surface area is 145 Å². The lowest BCUT2D eigenvalue weighted by atomic mass is 10.1. The van der Waals surface area contributed by atoms with Crippen LogP contribution < -0.4 is 5.32 Å². The highest BCUT2D eigenvalue weighted by molar-refractivity contribution is 9.10. The monoisotopic (exact) mass is 373 g/mol. The number of aryl methyl sites for hydroxylation is 1. The van der Waals surface area contributed by atoms with Gasteiger partial charge in [-0.1, -0.05) is 24.3 Å². The van der Waals surface area contributed by atoms with Gasteiger partial charge >= 0.3 is 0 Å². The van der Waals surface area contributed by atoms with Crippen LogP contribution in [0.3, 0.4) is 0 Å². The molecule has 120 valence electrons. The molecular weight excluding hydrogens is 354 g/mol. The molecule has 1 saturated heterocycles. The van der Waals surface area contributed by atoms with Gasteiger partial charge in [-0.3, -0.25) is 4.79 Å². The maximum atomic E-state index is 11.7. The highest BCUT2D eigenvalue weighted by atomic mass is 79.9. The average Bonchev–Trinajstić information content (AvgIpc) is 2.92. The van der Waals surface area contributed by atoms with Crippen LogP contribution in [-0.4, -0.2) is 22.3 Å². The van der Waals surface area contributed by atoms with Gasteiger partial charge < -0.3 is 10.2 Å². The van der Waals surface area contributed by atoms with Gasteiger partial charge in [-0.15, -0.1) is 0 Å². The smallest absolute Gasteiger partial charge is 0.222 e. The molecule has 3 rings (SSSR count). The van der Waals surface area contributed by atoms with Crippen molar-refractivity contribution in [2.24, 2.45) is 0 Å². The Bertz CT molecular complexity index is 717. The molecular formula is C18H20BrN3O. The highest BCUT2D eigenvalue weighted by Gasteiger charge is 2.19. The molecule has 0 atom stereocenters. The van der Waals surface area contributed by atoms with E-state index in [0.29, 0.717) is 13.0 Å². The number of hydrogen-bond donors (Lipinski definition) is 1. The number of pyridine rings is 1. The fourth-order valence-electron chi connectivity index (χ4n) is 2.84. The van der Waals surface area contributed by atoms with Crippen LogP contribution in [0.1, 0.15) is 29.5 Å². The number of nitrogens with zero attached hydrogens (tertiary/aromatic N) is 2. The maximum Gasteiger partial charge on any atom is 0.222 e. The minimum Gasteiger partial charge on any atom is -0.366 e. The number of hydrogen-bond acceptors (Lipinski definition) is 3. The van der Waals surface area contributed by atoms with Crippen molar-refractivity contribution in [2.75, 3.05) is 11.9 Å². The van der Waals surface area contributed by atoms with Crippen LogP contribution in [-0.2, 0) is 17.9 Å². The normalized spacial score (nSPS) is 14.3. The summed E-state index contributed by atoms with van der Waals surface area (Å²) in [5.74, 6) is 1.16. The van der Waals surface area contributed by atoms with Gasteiger partial charge in [0.1, 0.15) is 5.82 Å². The van der Waals surface area contributed by atoms with Crippen LogP contribution in [0.4, 0.5) is 5.82 Å². The van der Waals surface area contributed by atoms with Crippen LogP contribution in [0.5, 0.6) is 0 Å². The van der Waals surface area contributed by atoms with Crippen LogP contribution in [0.25, 0.3) is 0 Å². The molecule has 2 aromatic rings. The lowest BCUT2D eigenvalue weighted by Crippen LogP contribution is -2.23. The molecule has 1 N–H and O–H groups in total. The largest absolute Gasteiger partial charge is 0.366 e. The molecule has 0 radical (unpaired) electrons. The lowest BCUT2D eigenvalue weighted by Gasteiger charge is -2.16. The fourth-order valence-corrected chi connectivity index (χ4v) is 3.29. The second-order valence-electron chi connectivity index (χ2n) is 5.91. The van der Waals surface area contributed by atoms with E-state index < -0.39 is 0 Å². The van der Waals surface area contributed by atoms with Crippen LogP contribution in [0.2, 0.25) is 0 Å². The van der Waals surface area contributed by atoms with E-state index in [9.17, 15) is 4.79 Å². The minimum absolute atomic E-state index is 0.267. The van der Waals surface area contributed by atoms with E-state index >= 15 is 0 Å². The summed E-state index contributed by atoms with van der Waals surface area (Å²) in [4.78, 5) is 18.1. The number of nitrogens with one attached hydrogen (secondary N) is 1. The number of aromatic nitrogens is 1. The Balaban J connectivity index is 1.64. The third kappa shape index (κ3) is 4.10. The molecule has 5 heteroatoms. The summed E-state index contributed by atoms with van der Waals surface area (Å²) in [5.41, 5.74) is 3.48. The van der Waals surface area contributed by atoms with Crippen molar-refractivity contribution in [3.63, 3.8) is 0 Å². The number of likely N-dealkylation sites (tertiary alicyclic amines) is 1. The summed E-state index contributed by atoms with van der Waals surface area (Å²) < 4.78 is 0.984. The number of rotatable bonds is 5. The summed E-state index contributed by atoms with van der Waals surface area (Å²) >= 11 is 3.43. The van der Waals surface area contributed by atoms with Gasteiger partial charge in [0.25, 0.3) is 0 Å². The van der Waals surface area contributed by atoms with Crippen molar-refractivity contribution < 1.29 is 4.79 Å². The Kier molecular flexibility index (Phi) is 4.96. The topological polar surface area (TPSA) is 45.2 Å². The molecule has 0 spiro atoms. The summed E-state index contributed by atoms with van der Waals surface area (Å²) in [7, 11) is 0. The minimum atomic E-state index is 0.267. The molecule has 23 heavy (non-hydrogen) atoms. The molecule has 1 aromatic heterocycles. The van der Waals surface area contributed by atoms with Gasteiger partial charge in [-0.25, -0.2) is 4.98 Å². The first kappa shape index (κ1) is 16.0. The predicted molar refractivity (Wildman–Crippen MR) is 95.1 cm³/mol. The number of amides is 1. The molecule has 1 aliphatic heterocycles. The first-order chi connectivity index (χ1) is 11.1. The van der Waals surface area contributed by atoms with Gasteiger partial charge in [0, 0.05) is 36.7 Å². The summed E-state index contributed by atoms with van der Waals surface area (Å²) in [5, 5.41) is 3.37. The van der Waals surface area contributed by atoms with E-state index in [4.69, 9.17) is 0 Å². The van der Waals surface area contributed by atoms with Crippen LogP contribution in [0, 0.1) is 6.92 Å². The number of carbonyl (C=O) groups excluding carboxylic acids is 1. The molecule has 0 saturated carbocycles. The predicted octanol–water partition coefficient (Wildman–Crippen LogP) is 3.89. The Morgan fingerprint density at radius 2 is 2.13 bits per heavy atom. The van der Waals surface area contributed by atoms with Gasteiger partial charge in [0.05, 0.1) is 0 Å². The molecule has 0 unspecified atom stereocenters. The van der Waals surface area contributed by atoms with Crippen molar-refractivity contribution in [3.8, 4) is 0 Å². The van der Waals surface area contributed by atoms with Gasteiger partial charge in [0.15, 0.2) is 0 Å². The standard InChI is InChI=1S/C18H20BrN3O/c1-13-8-16(19)11-21-18(13)20-10-14-4-2-5-15(9-14)12-22-7-3-6-17(22)23/h2,4-5,8-9,11H,3,6-7,10,12H2,1H3,(H,20,21). The Hall–Kier alpha value is -1.88. The van der Waals surface area contributed by atoms with Crippen LogP contribution >= 0.6 is 15.9 Å².